The number of ether oxygens (including phenoxy) is 2. The zero-order valence-electron chi connectivity index (χ0n) is 18.0. The highest BCUT2D eigenvalue weighted by molar-refractivity contribution is 6.04. The maximum Gasteiger partial charge on any atom is 0.329 e. The Morgan fingerprint density at radius 2 is 1.60 bits per heavy atom. The average molecular weight is 411 g/mol. The second-order valence-corrected chi connectivity index (χ2v) is 8.17. The summed E-state index contributed by atoms with van der Waals surface area (Å²) in [6.45, 7) is 9.50. The fourth-order valence-corrected chi connectivity index (χ4v) is 3.86. The van der Waals surface area contributed by atoms with E-state index < -0.39 is 0 Å². The molecule has 0 aromatic heterocycles. The van der Waals surface area contributed by atoms with Crippen molar-refractivity contribution >= 4 is 17.6 Å². The summed E-state index contributed by atoms with van der Waals surface area (Å²) in [5.41, 5.74) is 1.22. The summed E-state index contributed by atoms with van der Waals surface area (Å²) in [5, 5.41) is 2.84. The van der Waals surface area contributed by atoms with Crippen LogP contribution < -0.4 is 10.1 Å². The van der Waals surface area contributed by atoms with Crippen LogP contribution in [-0.2, 0) is 9.53 Å². The molecule has 3 rings (SSSR count). The highest BCUT2D eigenvalue weighted by atomic mass is 16.5. The molecule has 3 unspecified atom stereocenters. The minimum absolute atomic E-state index is 0.0790. The number of carbonyl (C=O) groups is 2. The van der Waals surface area contributed by atoms with Crippen LogP contribution in [-0.4, -0.2) is 48.1 Å². The molecule has 0 aliphatic carbocycles. The van der Waals surface area contributed by atoms with Gasteiger partial charge in [-0.05, 0) is 56.2 Å². The number of carbonyl (C=O) groups excluding carboxylic acids is 2. The van der Waals surface area contributed by atoms with Crippen molar-refractivity contribution in [3.05, 3.63) is 60.2 Å². The molecule has 1 heterocycles. The van der Waals surface area contributed by atoms with Gasteiger partial charge in [0.1, 0.15) is 11.8 Å². The standard InChI is InChI=1S/C24H30N2O4/c1-16(2)22(26-14-17(3)29-18(4)15-26)24(28)30-21-12-10-20(11-13-21)25-23(27)19-8-6-5-7-9-19/h5-13,16-18,22H,14-15H2,1-4H3,(H,25,27). The van der Waals surface area contributed by atoms with Gasteiger partial charge in [-0.1, -0.05) is 32.0 Å². The Labute approximate surface area is 178 Å². The van der Waals surface area contributed by atoms with Crippen molar-refractivity contribution in [1.82, 2.24) is 4.90 Å². The first-order valence-corrected chi connectivity index (χ1v) is 10.4. The fourth-order valence-electron chi connectivity index (χ4n) is 3.86. The van der Waals surface area contributed by atoms with Crippen LogP contribution in [0.15, 0.2) is 54.6 Å². The predicted octanol–water partition coefficient (Wildman–Crippen LogP) is 3.98. The van der Waals surface area contributed by atoms with Gasteiger partial charge in [-0.2, -0.15) is 0 Å². The van der Waals surface area contributed by atoms with Gasteiger partial charge in [0.25, 0.3) is 5.91 Å². The lowest BCUT2D eigenvalue weighted by molar-refractivity contribution is -0.148. The number of nitrogens with one attached hydrogen (secondary N) is 1. The molecular weight excluding hydrogens is 380 g/mol. The van der Waals surface area contributed by atoms with Gasteiger partial charge in [-0.15, -0.1) is 0 Å². The Bertz CT molecular complexity index is 841. The molecule has 0 radical (unpaired) electrons. The van der Waals surface area contributed by atoms with Crippen LogP contribution in [0.25, 0.3) is 0 Å². The topological polar surface area (TPSA) is 67.9 Å². The van der Waals surface area contributed by atoms with Gasteiger partial charge in [0, 0.05) is 24.3 Å². The summed E-state index contributed by atoms with van der Waals surface area (Å²) in [7, 11) is 0. The van der Waals surface area contributed by atoms with Crippen molar-refractivity contribution in [2.45, 2.75) is 45.9 Å². The van der Waals surface area contributed by atoms with Crippen LogP contribution in [0.4, 0.5) is 5.69 Å². The number of morpholine rings is 1. The second kappa shape index (κ2) is 9.87. The predicted molar refractivity (Wildman–Crippen MR) is 117 cm³/mol. The molecule has 1 amide bonds. The molecule has 0 saturated carbocycles. The van der Waals surface area contributed by atoms with Gasteiger partial charge in [-0.3, -0.25) is 9.69 Å². The van der Waals surface area contributed by atoms with Crippen molar-refractivity contribution in [2.24, 2.45) is 5.92 Å². The Morgan fingerprint density at radius 3 is 2.17 bits per heavy atom. The zero-order chi connectivity index (χ0) is 21.7. The van der Waals surface area contributed by atoms with Gasteiger partial charge < -0.3 is 14.8 Å². The van der Waals surface area contributed by atoms with E-state index in [1.165, 1.54) is 0 Å². The van der Waals surface area contributed by atoms with Gasteiger partial charge in [0.05, 0.1) is 12.2 Å². The molecule has 1 N–H and O–H groups in total. The largest absolute Gasteiger partial charge is 0.425 e. The molecular formula is C24H30N2O4. The molecule has 1 aliphatic heterocycles. The summed E-state index contributed by atoms with van der Waals surface area (Å²) < 4.78 is 11.5. The molecule has 3 atom stereocenters. The Kier molecular flexibility index (Phi) is 7.24. The maximum atomic E-state index is 12.9. The molecule has 30 heavy (non-hydrogen) atoms. The first-order valence-electron chi connectivity index (χ1n) is 10.4. The van der Waals surface area contributed by atoms with E-state index >= 15 is 0 Å². The van der Waals surface area contributed by atoms with Crippen molar-refractivity contribution in [1.29, 1.82) is 0 Å². The number of hydrogen-bond donors (Lipinski definition) is 1. The van der Waals surface area contributed by atoms with E-state index in [1.807, 2.05) is 45.9 Å². The molecule has 2 aromatic carbocycles. The SMILES string of the molecule is CC1CN(C(C(=O)Oc2ccc(NC(=O)c3ccccc3)cc2)C(C)C)CC(C)O1. The lowest BCUT2D eigenvalue weighted by atomic mass is 10.0. The smallest absolute Gasteiger partial charge is 0.329 e. The molecule has 1 saturated heterocycles. The van der Waals surface area contributed by atoms with Gasteiger partial charge in [0.15, 0.2) is 0 Å². The van der Waals surface area contributed by atoms with Crippen LogP contribution in [0.1, 0.15) is 38.1 Å². The fraction of sp³-hybridized carbons (Fsp3) is 0.417. The van der Waals surface area contributed by atoms with Crippen molar-refractivity contribution in [3.63, 3.8) is 0 Å². The van der Waals surface area contributed by atoms with Crippen LogP contribution in [0.3, 0.4) is 0 Å². The van der Waals surface area contributed by atoms with E-state index in [9.17, 15) is 9.59 Å². The van der Waals surface area contributed by atoms with Gasteiger partial charge >= 0.3 is 5.97 Å². The molecule has 0 spiro atoms. The Balaban J connectivity index is 1.63. The van der Waals surface area contributed by atoms with Gasteiger partial charge in [-0.25, -0.2) is 4.79 Å². The van der Waals surface area contributed by atoms with E-state index in [4.69, 9.17) is 9.47 Å². The average Bonchev–Trinajstić information content (AvgIpc) is 2.69. The molecule has 1 fully saturated rings. The third-order valence-corrected chi connectivity index (χ3v) is 5.08. The number of anilines is 1. The van der Waals surface area contributed by atoms with E-state index in [0.29, 0.717) is 30.1 Å². The van der Waals surface area contributed by atoms with Crippen molar-refractivity contribution < 1.29 is 19.1 Å². The number of rotatable bonds is 6. The minimum Gasteiger partial charge on any atom is -0.425 e. The molecule has 160 valence electrons. The zero-order valence-corrected chi connectivity index (χ0v) is 18.0. The second-order valence-electron chi connectivity index (χ2n) is 8.17. The molecule has 6 heteroatoms. The number of hydrogen-bond acceptors (Lipinski definition) is 5. The third-order valence-electron chi connectivity index (χ3n) is 5.08. The Morgan fingerprint density at radius 1 is 1.00 bits per heavy atom. The van der Waals surface area contributed by atoms with E-state index in [2.05, 4.69) is 10.2 Å². The lowest BCUT2D eigenvalue weighted by Gasteiger charge is -2.40. The first kappa shape index (κ1) is 22.0. The summed E-state index contributed by atoms with van der Waals surface area (Å²) in [6.07, 6.45) is 0.158. The maximum absolute atomic E-state index is 12.9. The highest BCUT2D eigenvalue weighted by Crippen LogP contribution is 2.22. The number of benzene rings is 2. The van der Waals surface area contributed by atoms with Gasteiger partial charge in [0.2, 0.25) is 0 Å². The highest BCUT2D eigenvalue weighted by Gasteiger charge is 2.35. The summed E-state index contributed by atoms with van der Waals surface area (Å²) in [4.78, 5) is 27.3. The van der Waals surface area contributed by atoms with Crippen LogP contribution >= 0.6 is 0 Å². The molecule has 2 aromatic rings. The molecule has 1 aliphatic rings. The van der Waals surface area contributed by atoms with Crippen molar-refractivity contribution in [2.75, 3.05) is 18.4 Å². The normalized spacial score (nSPS) is 20.6. The van der Waals surface area contributed by atoms with Crippen LogP contribution in [0.5, 0.6) is 5.75 Å². The molecule has 6 nitrogen and oxygen atoms in total. The third kappa shape index (κ3) is 5.68. The summed E-state index contributed by atoms with van der Waals surface area (Å²) >= 11 is 0. The van der Waals surface area contributed by atoms with E-state index in [1.54, 1.807) is 36.4 Å². The lowest BCUT2D eigenvalue weighted by Crippen LogP contribution is -2.55. The number of nitrogens with zero attached hydrogens (tertiary/aromatic N) is 1. The first-order chi connectivity index (χ1) is 14.3. The van der Waals surface area contributed by atoms with E-state index in [0.717, 1.165) is 0 Å². The molecule has 0 bridgehead atoms. The Hall–Kier alpha value is -2.70. The summed E-state index contributed by atoms with van der Waals surface area (Å²) in [5.74, 6) is 0.111. The monoisotopic (exact) mass is 410 g/mol. The quantitative estimate of drug-likeness (QED) is 0.576. The number of amides is 1. The minimum atomic E-state index is -0.337. The van der Waals surface area contributed by atoms with Crippen LogP contribution in [0.2, 0.25) is 0 Å². The number of esters is 1. The van der Waals surface area contributed by atoms with E-state index in [-0.39, 0.29) is 36.0 Å². The van der Waals surface area contributed by atoms with Crippen molar-refractivity contribution in [3.8, 4) is 5.75 Å². The van der Waals surface area contributed by atoms with Crippen LogP contribution in [0, 0.1) is 5.92 Å². The summed E-state index contributed by atoms with van der Waals surface area (Å²) in [6, 6.07) is 15.5.